The number of benzene rings is 1. The number of hydrogen-bond donors (Lipinski definition) is 0. The van der Waals surface area contributed by atoms with Gasteiger partial charge in [-0.2, -0.15) is 0 Å². The molecular weight excluding hydrogens is 348 g/mol. The molecule has 4 heterocycles. The molecule has 0 aliphatic carbocycles. The Hall–Kier alpha value is -3.67. The van der Waals surface area contributed by atoms with Crippen molar-refractivity contribution in [3.63, 3.8) is 0 Å². The highest BCUT2D eigenvalue weighted by Crippen LogP contribution is 2.31. The first-order valence-electron chi connectivity index (χ1n) is 9.37. The van der Waals surface area contributed by atoms with Gasteiger partial charge < -0.3 is 13.5 Å². The second-order valence-electron chi connectivity index (χ2n) is 6.70. The third-order valence-electron chi connectivity index (χ3n) is 4.93. The maximum absolute atomic E-state index is 4.76. The predicted octanol–water partition coefficient (Wildman–Crippen LogP) is 4.13. The van der Waals surface area contributed by atoms with Gasteiger partial charge in [0.05, 0.1) is 48.2 Å². The SMILES string of the molecule is CCn1cncc1-c1c(-c2ccccc2)ncn1Cc1cn2ccccc2n1. The number of aryl methyl sites for hydroxylation is 1. The highest BCUT2D eigenvalue weighted by atomic mass is 15.1. The van der Waals surface area contributed by atoms with Gasteiger partial charge in [-0.25, -0.2) is 15.0 Å². The molecule has 1 aromatic carbocycles. The molecule has 0 atom stereocenters. The monoisotopic (exact) mass is 368 g/mol. The van der Waals surface area contributed by atoms with Gasteiger partial charge in [0.25, 0.3) is 0 Å². The molecule has 4 aromatic heterocycles. The fraction of sp³-hybridized carbons (Fsp3) is 0.136. The van der Waals surface area contributed by atoms with Gasteiger partial charge in [-0.05, 0) is 19.1 Å². The van der Waals surface area contributed by atoms with Crippen molar-refractivity contribution in [2.75, 3.05) is 0 Å². The van der Waals surface area contributed by atoms with Crippen molar-refractivity contribution in [2.45, 2.75) is 20.0 Å². The first-order valence-corrected chi connectivity index (χ1v) is 9.37. The Labute approximate surface area is 162 Å². The number of nitrogens with zero attached hydrogens (tertiary/aromatic N) is 6. The second kappa shape index (κ2) is 6.81. The summed E-state index contributed by atoms with van der Waals surface area (Å²) in [4.78, 5) is 13.9. The Kier molecular flexibility index (Phi) is 4.01. The van der Waals surface area contributed by atoms with E-state index in [1.165, 1.54) is 0 Å². The molecule has 5 aromatic rings. The average molecular weight is 368 g/mol. The highest BCUT2D eigenvalue weighted by molar-refractivity contribution is 5.76. The van der Waals surface area contributed by atoms with Crippen molar-refractivity contribution in [3.8, 4) is 22.6 Å². The van der Waals surface area contributed by atoms with Crippen LogP contribution >= 0.6 is 0 Å². The van der Waals surface area contributed by atoms with Gasteiger partial charge in [0, 0.05) is 24.5 Å². The highest BCUT2D eigenvalue weighted by Gasteiger charge is 2.19. The van der Waals surface area contributed by atoms with Crippen LogP contribution in [-0.4, -0.2) is 28.5 Å². The van der Waals surface area contributed by atoms with Crippen LogP contribution in [0.2, 0.25) is 0 Å². The zero-order chi connectivity index (χ0) is 18.9. The summed E-state index contributed by atoms with van der Waals surface area (Å²) in [6.07, 6.45) is 9.76. The first-order chi connectivity index (χ1) is 13.8. The summed E-state index contributed by atoms with van der Waals surface area (Å²) in [5.41, 5.74) is 6.10. The predicted molar refractivity (Wildman–Crippen MR) is 109 cm³/mol. The lowest BCUT2D eigenvalue weighted by Crippen LogP contribution is -2.05. The molecule has 0 N–H and O–H groups in total. The molecule has 6 nitrogen and oxygen atoms in total. The van der Waals surface area contributed by atoms with E-state index in [0.717, 1.165) is 40.5 Å². The van der Waals surface area contributed by atoms with Crippen LogP contribution in [0.5, 0.6) is 0 Å². The first kappa shape index (κ1) is 16.5. The molecular formula is C22H20N6. The van der Waals surface area contributed by atoms with E-state index in [4.69, 9.17) is 9.97 Å². The van der Waals surface area contributed by atoms with Crippen LogP contribution in [0, 0.1) is 0 Å². The summed E-state index contributed by atoms with van der Waals surface area (Å²) in [7, 11) is 0. The fourth-order valence-corrected chi connectivity index (χ4v) is 3.59. The number of fused-ring (bicyclic) bond motifs is 1. The molecule has 5 rings (SSSR count). The quantitative estimate of drug-likeness (QED) is 0.469. The summed E-state index contributed by atoms with van der Waals surface area (Å²) in [5, 5.41) is 0. The molecule has 0 radical (unpaired) electrons. The Balaban J connectivity index is 1.64. The molecule has 138 valence electrons. The van der Waals surface area contributed by atoms with E-state index in [2.05, 4.69) is 39.4 Å². The van der Waals surface area contributed by atoms with Crippen molar-refractivity contribution in [3.05, 3.63) is 85.5 Å². The molecule has 0 aliphatic heterocycles. The molecule has 28 heavy (non-hydrogen) atoms. The summed E-state index contributed by atoms with van der Waals surface area (Å²) in [6.45, 7) is 3.62. The molecule has 0 saturated heterocycles. The zero-order valence-electron chi connectivity index (χ0n) is 15.6. The number of rotatable bonds is 5. The molecule has 0 aliphatic rings. The maximum atomic E-state index is 4.76. The van der Waals surface area contributed by atoms with Crippen LogP contribution < -0.4 is 0 Å². The normalized spacial score (nSPS) is 11.3. The zero-order valence-corrected chi connectivity index (χ0v) is 15.6. The lowest BCUT2D eigenvalue weighted by molar-refractivity contribution is 0.743. The number of hydrogen-bond acceptors (Lipinski definition) is 3. The number of pyridine rings is 1. The van der Waals surface area contributed by atoms with Gasteiger partial charge in [-0.1, -0.05) is 36.4 Å². The average Bonchev–Trinajstić information content (AvgIpc) is 3.45. The third kappa shape index (κ3) is 2.79. The largest absolute Gasteiger partial charge is 0.330 e. The third-order valence-corrected chi connectivity index (χ3v) is 4.93. The topological polar surface area (TPSA) is 52.9 Å². The molecule has 0 fully saturated rings. The van der Waals surface area contributed by atoms with Crippen molar-refractivity contribution in [1.82, 2.24) is 28.5 Å². The Morgan fingerprint density at radius 1 is 0.929 bits per heavy atom. The summed E-state index contributed by atoms with van der Waals surface area (Å²) >= 11 is 0. The van der Waals surface area contributed by atoms with Gasteiger partial charge in [0.2, 0.25) is 0 Å². The smallest absolute Gasteiger partial charge is 0.137 e. The Morgan fingerprint density at radius 2 is 1.79 bits per heavy atom. The van der Waals surface area contributed by atoms with Gasteiger partial charge in [-0.15, -0.1) is 0 Å². The van der Waals surface area contributed by atoms with Crippen molar-refractivity contribution in [1.29, 1.82) is 0 Å². The maximum Gasteiger partial charge on any atom is 0.137 e. The second-order valence-corrected chi connectivity index (χ2v) is 6.70. The van der Waals surface area contributed by atoms with Crippen LogP contribution in [0.25, 0.3) is 28.3 Å². The lowest BCUT2D eigenvalue weighted by atomic mass is 10.1. The molecule has 0 bridgehead atoms. The Bertz CT molecular complexity index is 1200. The van der Waals surface area contributed by atoms with Crippen LogP contribution in [0.15, 0.2) is 79.8 Å². The van der Waals surface area contributed by atoms with E-state index in [1.807, 2.05) is 65.8 Å². The fourth-order valence-electron chi connectivity index (χ4n) is 3.59. The van der Waals surface area contributed by atoms with E-state index in [1.54, 1.807) is 0 Å². The molecule has 6 heteroatoms. The standard InChI is InChI=1S/C22H20N6/c1-2-26-15-23-12-19(26)22-21(17-8-4-3-5-9-17)24-16-28(22)14-18-13-27-11-7-6-10-20(27)25-18/h3-13,15-16H,2,14H2,1H3. The van der Waals surface area contributed by atoms with Gasteiger partial charge in [-0.3, -0.25) is 0 Å². The van der Waals surface area contributed by atoms with Crippen LogP contribution in [-0.2, 0) is 13.1 Å². The Morgan fingerprint density at radius 3 is 2.61 bits per heavy atom. The van der Waals surface area contributed by atoms with Crippen LogP contribution in [0.3, 0.4) is 0 Å². The minimum absolute atomic E-state index is 0.645. The van der Waals surface area contributed by atoms with E-state index in [9.17, 15) is 0 Å². The van der Waals surface area contributed by atoms with E-state index in [0.29, 0.717) is 6.54 Å². The van der Waals surface area contributed by atoms with Gasteiger partial charge in [0.1, 0.15) is 5.65 Å². The van der Waals surface area contributed by atoms with Crippen molar-refractivity contribution >= 4 is 5.65 Å². The van der Waals surface area contributed by atoms with Crippen LogP contribution in [0.4, 0.5) is 0 Å². The summed E-state index contributed by atoms with van der Waals surface area (Å²) < 4.78 is 6.34. The minimum atomic E-state index is 0.645. The number of imidazole rings is 3. The van der Waals surface area contributed by atoms with Crippen molar-refractivity contribution < 1.29 is 0 Å². The summed E-state index contributed by atoms with van der Waals surface area (Å²) in [6, 6.07) is 16.3. The van der Waals surface area contributed by atoms with Crippen molar-refractivity contribution in [2.24, 2.45) is 0 Å². The molecule has 0 amide bonds. The molecule has 0 unspecified atom stereocenters. The lowest BCUT2D eigenvalue weighted by Gasteiger charge is -2.11. The number of aromatic nitrogens is 6. The van der Waals surface area contributed by atoms with Crippen LogP contribution in [0.1, 0.15) is 12.6 Å². The van der Waals surface area contributed by atoms with E-state index >= 15 is 0 Å². The molecule has 0 saturated carbocycles. The van der Waals surface area contributed by atoms with E-state index in [-0.39, 0.29) is 0 Å². The minimum Gasteiger partial charge on any atom is -0.330 e. The summed E-state index contributed by atoms with van der Waals surface area (Å²) in [5.74, 6) is 0. The molecule has 0 spiro atoms. The van der Waals surface area contributed by atoms with E-state index < -0.39 is 0 Å². The van der Waals surface area contributed by atoms with Gasteiger partial charge in [0.15, 0.2) is 0 Å². The van der Waals surface area contributed by atoms with Gasteiger partial charge >= 0.3 is 0 Å².